The van der Waals surface area contributed by atoms with Gasteiger partial charge in [-0.2, -0.15) is 5.10 Å². The van der Waals surface area contributed by atoms with E-state index in [1.807, 2.05) is 15.6 Å². The zero-order valence-corrected chi connectivity index (χ0v) is 13.8. The lowest BCUT2D eigenvalue weighted by Gasteiger charge is -2.32. The van der Waals surface area contributed by atoms with Crippen LogP contribution in [0.25, 0.3) is 0 Å². The molecule has 0 unspecified atom stereocenters. The molecule has 6 heteroatoms. The molecule has 0 spiro atoms. The number of likely N-dealkylation sites (tertiary alicyclic amines) is 1. The molecular weight excluding hydrogens is 302 g/mol. The first-order chi connectivity index (χ1) is 11.8. The van der Waals surface area contributed by atoms with E-state index in [4.69, 9.17) is 0 Å². The second kappa shape index (κ2) is 6.73. The van der Waals surface area contributed by atoms with E-state index in [-0.39, 0.29) is 5.91 Å². The second-order valence-electron chi connectivity index (χ2n) is 6.66. The fourth-order valence-corrected chi connectivity index (χ4v) is 3.90. The number of amides is 1. The molecule has 1 aromatic heterocycles. The molecule has 6 nitrogen and oxygen atoms in total. The lowest BCUT2D eigenvalue weighted by atomic mass is 10.0. The third kappa shape index (κ3) is 3.06. The molecule has 0 saturated carbocycles. The Balaban J connectivity index is 1.44. The largest absolute Gasteiger partial charge is 0.311 e. The Hall–Kier alpha value is -2.21. The van der Waals surface area contributed by atoms with E-state index < -0.39 is 0 Å². The zero-order valence-electron chi connectivity index (χ0n) is 13.8. The Morgan fingerprint density at radius 3 is 3.00 bits per heavy atom. The third-order valence-corrected chi connectivity index (χ3v) is 5.11. The minimum absolute atomic E-state index is 0.215. The third-order valence-electron chi connectivity index (χ3n) is 5.11. The van der Waals surface area contributed by atoms with E-state index in [1.54, 1.807) is 12.7 Å². The van der Waals surface area contributed by atoms with Crippen molar-refractivity contribution >= 4 is 11.6 Å². The number of hydrogen-bond acceptors (Lipinski definition) is 4. The van der Waals surface area contributed by atoms with Crippen molar-refractivity contribution in [2.24, 2.45) is 0 Å². The fraction of sp³-hybridized carbons (Fsp3) is 0.500. The SMILES string of the molecule is O=C(CN1CCC[C@H]1Cn1cncn1)N1CCCc2ccccc21. The number of hydrogen-bond donors (Lipinski definition) is 0. The Kier molecular flexibility index (Phi) is 4.30. The quantitative estimate of drug-likeness (QED) is 0.859. The van der Waals surface area contributed by atoms with Gasteiger partial charge < -0.3 is 4.90 Å². The van der Waals surface area contributed by atoms with Crippen molar-refractivity contribution < 1.29 is 4.79 Å². The molecule has 0 N–H and O–H groups in total. The maximum atomic E-state index is 12.9. The van der Waals surface area contributed by atoms with Gasteiger partial charge in [-0.1, -0.05) is 18.2 Å². The summed E-state index contributed by atoms with van der Waals surface area (Å²) in [4.78, 5) is 21.2. The van der Waals surface area contributed by atoms with Gasteiger partial charge in [0.05, 0.1) is 13.1 Å². The molecule has 24 heavy (non-hydrogen) atoms. The number of carbonyl (C=O) groups excluding carboxylic acids is 1. The Morgan fingerprint density at radius 2 is 2.12 bits per heavy atom. The van der Waals surface area contributed by atoms with Crippen molar-refractivity contribution in [1.29, 1.82) is 0 Å². The van der Waals surface area contributed by atoms with Crippen LogP contribution in [0, 0.1) is 0 Å². The zero-order chi connectivity index (χ0) is 16.4. The number of nitrogens with zero attached hydrogens (tertiary/aromatic N) is 5. The molecule has 1 amide bonds. The van der Waals surface area contributed by atoms with Crippen LogP contribution >= 0.6 is 0 Å². The number of anilines is 1. The van der Waals surface area contributed by atoms with Crippen molar-refractivity contribution in [3.63, 3.8) is 0 Å². The number of benzene rings is 1. The van der Waals surface area contributed by atoms with Crippen molar-refractivity contribution in [2.75, 3.05) is 24.5 Å². The molecule has 0 bridgehead atoms. The highest BCUT2D eigenvalue weighted by atomic mass is 16.2. The molecule has 0 radical (unpaired) electrons. The maximum Gasteiger partial charge on any atom is 0.241 e. The molecule has 1 aromatic carbocycles. The molecule has 2 aromatic rings. The van der Waals surface area contributed by atoms with E-state index >= 15 is 0 Å². The minimum Gasteiger partial charge on any atom is -0.311 e. The Labute approximate surface area is 142 Å². The molecule has 4 rings (SSSR count). The van der Waals surface area contributed by atoms with Crippen molar-refractivity contribution in [1.82, 2.24) is 19.7 Å². The topological polar surface area (TPSA) is 54.3 Å². The van der Waals surface area contributed by atoms with Crippen LogP contribution in [0.15, 0.2) is 36.9 Å². The second-order valence-corrected chi connectivity index (χ2v) is 6.66. The minimum atomic E-state index is 0.215. The summed E-state index contributed by atoms with van der Waals surface area (Å²) in [6.07, 6.45) is 7.69. The average molecular weight is 325 g/mol. The van der Waals surface area contributed by atoms with Crippen LogP contribution < -0.4 is 4.90 Å². The van der Waals surface area contributed by atoms with Crippen LogP contribution in [-0.2, 0) is 17.8 Å². The molecular formula is C18H23N5O. The summed E-state index contributed by atoms with van der Waals surface area (Å²) >= 11 is 0. The van der Waals surface area contributed by atoms with Gasteiger partial charge in [-0.05, 0) is 43.9 Å². The van der Waals surface area contributed by atoms with E-state index in [9.17, 15) is 4.79 Å². The van der Waals surface area contributed by atoms with Gasteiger partial charge in [0.2, 0.25) is 5.91 Å². The van der Waals surface area contributed by atoms with Gasteiger partial charge in [-0.15, -0.1) is 0 Å². The monoisotopic (exact) mass is 325 g/mol. The van der Waals surface area contributed by atoms with Crippen LogP contribution in [0.3, 0.4) is 0 Å². The van der Waals surface area contributed by atoms with E-state index in [1.165, 1.54) is 5.56 Å². The summed E-state index contributed by atoms with van der Waals surface area (Å²) in [5, 5.41) is 4.20. The normalized spacial score (nSPS) is 21.0. The van der Waals surface area contributed by atoms with Gasteiger partial charge >= 0.3 is 0 Å². The number of fused-ring (bicyclic) bond motifs is 1. The highest BCUT2D eigenvalue weighted by Crippen LogP contribution is 2.27. The highest BCUT2D eigenvalue weighted by molar-refractivity contribution is 5.96. The number of rotatable bonds is 4. The molecule has 3 heterocycles. The number of aryl methyl sites for hydroxylation is 1. The summed E-state index contributed by atoms with van der Waals surface area (Å²) in [7, 11) is 0. The van der Waals surface area contributed by atoms with E-state index in [2.05, 4.69) is 33.2 Å². The molecule has 2 aliphatic heterocycles. The summed E-state index contributed by atoms with van der Waals surface area (Å²) in [5.41, 5.74) is 2.39. The van der Waals surface area contributed by atoms with Crippen LogP contribution in [0.5, 0.6) is 0 Å². The van der Waals surface area contributed by atoms with Crippen LogP contribution in [0.2, 0.25) is 0 Å². The van der Waals surface area contributed by atoms with Crippen LogP contribution in [0.4, 0.5) is 5.69 Å². The predicted molar refractivity (Wildman–Crippen MR) is 91.7 cm³/mol. The molecule has 1 atom stereocenters. The summed E-state index contributed by atoms with van der Waals surface area (Å²) < 4.78 is 1.86. The number of aromatic nitrogens is 3. The predicted octanol–water partition coefficient (Wildman–Crippen LogP) is 1.72. The van der Waals surface area contributed by atoms with Gasteiger partial charge in [0.1, 0.15) is 12.7 Å². The van der Waals surface area contributed by atoms with Gasteiger partial charge in [-0.25, -0.2) is 4.98 Å². The first-order valence-electron chi connectivity index (χ1n) is 8.76. The lowest BCUT2D eigenvalue weighted by molar-refractivity contribution is -0.120. The average Bonchev–Trinajstić information content (AvgIpc) is 3.27. The maximum absolute atomic E-state index is 12.9. The summed E-state index contributed by atoms with van der Waals surface area (Å²) in [6, 6.07) is 8.66. The molecule has 0 aliphatic carbocycles. The van der Waals surface area contributed by atoms with Crippen LogP contribution in [0.1, 0.15) is 24.8 Å². The summed E-state index contributed by atoms with van der Waals surface area (Å²) in [5.74, 6) is 0.215. The molecule has 1 saturated heterocycles. The lowest BCUT2D eigenvalue weighted by Crippen LogP contribution is -2.45. The van der Waals surface area contributed by atoms with E-state index in [0.29, 0.717) is 12.6 Å². The summed E-state index contributed by atoms with van der Waals surface area (Å²) in [6.45, 7) is 3.12. The van der Waals surface area contributed by atoms with Gasteiger partial charge in [-0.3, -0.25) is 14.4 Å². The standard InChI is InChI=1S/C18H23N5O/c24-18(23-10-3-6-15-5-1-2-8-17(15)23)12-21-9-4-7-16(21)11-22-14-19-13-20-22/h1-2,5,8,13-14,16H,3-4,6-7,9-12H2/t16-/m0/s1. The van der Waals surface area contributed by atoms with Gasteiger partial charge in [0.15, 0.2) is 0 Å². The van der Waals surface area contributed by atoms with Crippen LogP contribution in [-0.4, -0.2) is 51.2 Å². The number of carbonyl (C=O) groups is 1. The van der Waals surface area contributed by atoms with Gasteiger partial charge in [0.25, 0.3) is 0 Å². The molecule has 1 fully saturated rings. The first-order valence-corrected chi connectivity index (χ1v) is 8.76. The Morgan fingerprint density at radius 1 is 1.21 bits per heavy atom. The van der Waals surface area contributed by atoms with Crippen molar-refractivity contribution in [3.8, 4) is 0 Å². The van der Waals surface area contributed by atoms with Crippen molar-refractivity contribution in [3.05, 3.63) is 42.5 Å². The number of para-hydroxylation sites is 1. The fourth-order valence-electron chi connectivity index (χ4n) is 3.90. The highest BCUT2D eigenvalue weighted by Gasteiger charge is 2.30. The van der Waals surface area contributed by atoms with Gasteiger partial charge in [0, 0.05) is 18.3 Å². The first kappa shape index (κ1) is 15.3. The molecule has 2 aliphatic rings. The smallest absolute Gasteiger partial charge is 0.241 e. The molecule has 126 valence electrons. The Bertz CT molecular complexity index is 699. The van der Waals surface area contributed by atoms with Crippen molar-refractivity contribution in [2.45, 2.75) is 38.3 Å². The van der Waals surface area contributed by atoms with E-state index in [0.717, 1.165) is 51.0 Å².